The second-order valence-corrected chi connectivity index (χ2v) is 3.51. The first-order chi connectivity index (χ1) is 4.34. The molecule has 0 bridgehead atoms. The van der Waals surface area contributed by atoms with Crippen molar-refractivity contribution in [3.8, 4) is 0 Å². The Morgan fingerprint density at radius 1 is 1.50 bits per heavy atom. The third-order valence-corrected chi connectivity index (χ3v) is 1.63. The van der Waals surface area contributed by atoms with Crippen LogP contribution in [0.25, 0.3) is 0 Å². The van der Waals surface area contributed by atoms with Gasteiger partial charge >= 0.3 is 6.16 Å². The summed E-state index contributed by atoms with van der Waals surface area (Å²) < 4.78 is 11.7. The van der Waals surface area contributed by atoms with Crippen LogP contribution in [0.5, 0.6) is 0 Å². The van der Waals surface area contributed by atoms with Gasteiger partial charge in [0.2, 0.25) is 0 Å². The molecule has 3 heteroatoms. The summed E-state index contributed by atoms with van der Waals surface area (Å²) >= 11 is 0. The van der Waals surface area contributed by atoms with E-state index in [4.69, 9.17) is 0 Å². The lowest BCUT2D eigenvalue weighted by Gasteiger charge is -2.26. The molecule has 1 N–H and O–H groups in total. The average Bonchev–Trinajstić information content (AvgIpc) is 1.60. The number of rotatable bonds is 1. The van der Waals surface area contributed by atoms with E-state index >= 15 is 0 Å². The Hall–Kier alpha value is -0.600. The summed E-state index contributed by atoms with van der Waals surface area (Å²) in [6.45, 7) is 7.59. The molecular formula is C7H14FNO. The van der Waals surface area contributed by atoms with E-state index < -0.39 is 6.16 Å². The third kappa shape index (κ3) is 3.43. The molecule has 0 spiro atoms. The fourth-order valence-electron chi connectivity index (χ4n) is 0.387. The lowest BCUT2D eigenvalue weighted by molar-refractivity contribution is 0.203. The topological polar surface area (TPSA) is 29.1 Å². The summed E-state index contributed by atoms with van der Waals surface area (Å²) in [5.41, 5.74) is -0.0816. The fourth-order valence-corrected chi connectivity index (χ4v) is 0.387. The molecule has 0 aromatic carbocycles. The molecule has 0 aromatic rings. The number of nitrogens with one attached hydrogen (secondary N) is 1. The van der Waals surface area contributed by atoms with E-state index in [1.54, 1.807) is 6.92 Å². The highest BCUT2D eigenvalue weighted by Crippen LogP contribution is 2.18. The number of halogens is 1. The van der Waals surface area contributed by atoms with Crippen molar-refractivity contribution >= 4 is 6.16 Å². The maximum atomic E-state index is 11.7. The van der Waals surface area contributed by atoms with Crippen molar-refractivity contribution in [2.75, 3.05) is 0 Å². The number of hydrogen-bond acceptors (Lipinski definition) is 1. The molecule has 60 valence electrons. The molecular weight excluding hydrogens is 133 g/mol. The van der Waals surface area contributed by atoms with Crippen LogP contribution in [0, 0.1) is 5.41 Å². The minimum absolute atomic E-state index is 0.0816. The summed E-state index contributed by atoms with van der Waals surface area (Å²) in [5, 5.41) is 2.18. The maximum absolute atomic E-state index is 11.7. The van der Waals surface area contributed by atoms with Crippen LogP contribution in [0.2, 0.25) is 0 Å². The number of carbonyl (C=O) groups is 1. The Balaban J connectivity index is 3.85. The first kappa shape index (κ1) is 9.40. The van der Waals surface area contributed by atoms with Gasteiger partial charge in [0.05, 0.1) is 0 Å². The van der Waals surface area contributed by atoms with Crippen molar-refractivity contribution in [1.29, 1.82) is 0 Å². The van der Waals surface area contributed by atoms with E-state index in [0.29, 0.717) is 0 Å². The predicted molar refractivity (Wildman–Crippen MR) is 38.6 cm³/mol. The minimum Gasteiger partial charge on any atom is -0.325 e. The summed E-state index contributed by atoms with van der Waals surface area (Å²) in [6, 6.07) is -0.134. The van der Waals surface area contributed by atoms with Crippen molar-refractivity contribution in [3.05, 3.63) is 0 Å². The van der Waals surface area contributed by atoms with Crippen molar-refractivity contribution in [1.82, 2.24) is 5.32 Å². The molecule has 0 aromatic heterocycles. The normalized spacial score (nSPS) is 14.5. The van der Waals surface area contributed by atoms with Crippen molar-refractivity contribution in [2.45, 2.75) is 33.7 Å². The highest BCUT2D eigenvalue weighted by atomic mass is 19.1. The van der Waals surface area contributed by atoms with Crippen LogP contribution in [0.1, 0.15) is 27.7 Å². The maximum Gasteiger partial charge on any atom is 0.397 e. The Bertz CT molecular complexity index is 128. The Morgan fingerprint density at radius 2 is 1.90 bits per heavy atom. The molecule has 0 aliphatic carbocycles. The second-order valence-electron chi connectivity index (χ2n) is 3.51. The van der Waals surface area contributed by atoms with Crippen molar-refractivity contribution < 1.29 is 9.18 Å². The molecule has 0 radical (unpaired) electrons. The fraction of sp³-hybridized carbons (Fsp3) is 0.857. The number of carbonyl (C=O) groups excluding carboxylic acids is 1. The van der Waals surface area contributed by atoms with Gasteiger partial charge in [0.1, 0.15) is 0 Å². The van der Waals surface area contributed by atoms with Gasteiger partial charge in [-0.3, -0.25) is 0 Å². The van der Waals surface area contributed by atoms with Gasteiger partial charge in [-0.05, 0) is 12.3 Å². The lowest BCUT2D eigenvalue weighted by atomic mass is 9.88. The van der Waals surface area contributed by atoms with Gasteiger partial charge in [0, 0.05) is 6.04 Å². The highest BCUT2D eigenvalue weighted by molar-refractivity contribution is 5.65. The van der Waals surface area contributed by atoms with Crippen LogP contribution in [0.15, 0.2) is 0 Å². The van der Waals surface area contributed by atoms with Crippen molar-refractivity contribution in [3.63, 3.8) is 0 Å². The standard InChI is InChI=1S/C7H14FNO/c1-5(7(2,3)4)9-6(8)10/h5H,1-4H3,(H,9,10). The largest absolute Gasteiger partial charge is 0.397 e. The summed E-state index contributed by atoms with van der Waals surface area (Å²) in [6.07, 6.45) is -1.46. The zero-order valence-corrected chi connectivity index (χ0v) is 6.86. The van der Waals surface area contributed by atoms with Gasteiger partial charge in [0.25, 0.3) is 0 Å². The number of hydrogen-bond donors (Lipinski definition) is 1. The molecule has 0 fully saturated rings. The molecule has 1 amide bonds. The summed E-state index contributed by atoms with van der Waals surface area (Å²) in [4.78, 5) is 9.92. The van der Waals surface area contributed by atoms with Crippen molar-refractivity contribution in [2.24, 2.45) is 5.41 Å². The third-order valence-electron chi connectivity index (χ3n) is 1.63. The van der Waals surface area contributed by atoms with Gasteiger partial charge < -0.3 is 5.32 Å². The first-order valence-electron chi connectivity index (χ1n) is 3.30. The van der Waals surface area contributed by atoms with Crippen LogP contribution < -0.4 is 5.32 Å². The Labute approximate surface area is 60.8 Å². The Kier molecular flexibility index (Phi) is 2.81. The highest BCUT2D eigenvalue weighted by Gasteiger charge is 2.21. The van der Waals surface area contributed by atoms with Gasteiger partial charge in [-0.15, -0.1) is 4.39 Å². The summed E-state index contributed by atoms with van der Waals surface area (Å²) in [5.74, 6) is 0. The smallest absolute Gasteiger partial charge is 0.325 e. The van der Waals surface area contributed by atoms with Gasteiger partial charge in [-0.1, -0.05) is 20.8 Å². The molecule has 10 heavy (non-hydrogen) atoms. The molecule has 0 aliphatic rings. The molecule has 0 saturated carbocycles. The monoisotopic (exact) mass is 147 g/mol. The molecule has 1 unspecified atom stereocenters. The van der Waals surface area contributed by atoms with Crippen LogP contribution in [-0.2, 0) is 0 Å². The van der Waals surface area contributed by atoms with E-state index in [0.717, 1.165) is 0 Å². The molecule has 2 nitrogen and oxygen atoms in total. The van der Waals surface area contributed by atoms with Gasteiger partial charge in [0.15, 0.2) is 0 Å². The molecule has 0 aliphatic heterocycles. The van der Waals surface area contributed by atoms with Crippen LogP contribution in [-0.4, -0.2) is 12.2 Å². The molecule has 0 saturated heterocycles. The minimum atomic E-state index is -1.46. The van der Waals surface area contributed by atoms with Gasteiger partial charge in [-0.2, -0.15) is 0 Å². The zero-order valence-electron chi connectivity index (χ0n) is 6.86. The first-order valence-corrected chi connectivity index (χ1v) is 3.30. The van der Waals surface area contributed by atoms with Gasteiger partial charge in [-0.25, -0.2) is 4.79 Å². The quantitative estimate of drug-likeness (QED) is 0.446. The lowest BCUT2D eigenvalue weighted by Crippen LogP contribution is -2.39. The van der Waals surface area contributed by atoms with E-state index in [9.17, 15) is 9.18 Å². The second kappa shape index (κ2) is 2.99. The van der Waals surface area contributed by atoms with E-state index in [1.807, 2.05) is 20.8 Å². The molecule has 0 heterocycles. The molecule has 1 atom stereocenters. The van der Waals surface area contributed by atoms with E-state index in [1.165, 1.54) is 0 Å². The van der Waals surface area contributed by atoms with E-state index in [-0.39, 0.29) is 11.5 Å². The number of amides is 1. The summed E-state index contributed by atoms with van der Waals surface area (Å²) in [7, 11) is 0. The Morgan fingerprint density at radius 3 is 2.00 bits per heavy atom. The molecule has 0 rings (SSSR count). The van der Waals surface area contributed by atoms with E-state index in [2.05, 4.69) is 5.32 Å². The SMILES string of the molecule is CC(NC(=O)F)C(C)(C)C. The zero-order chi connectivity index (χ0) is 8.36. The predicted octanol–water partition coefficient (Wildman–Crippen LogP) is 2.10. The van der Waals surface area contributed by atoms with Crippen LogP contribution >= 0.6 is 0 Å². The van der Waals surface area contributed by atoms with Crippen LogP contribution in [0.3, 0.4) is 0 Å². The average molecular weight is 147 g/mol. The van der Waals surface area contributed by atoms with Crippen LogP contribution in [0.4, 0.5) is 9.18 Å².